The van der Waals surface area contributed by atoms with Crippen LogP contribution in [0, 0.1) is 0 Å². The van der Waals surface area contributed by atoms with E-state index in [4.69, 9.17) is 4.74 Å². The first-order valence-electron chi connectivity index (χ1n) is 5.43. The largest absolute Gasteiger partial charge is 0.490 e. The summed E-state index contributed by atoms with van der Waals surface area (Å²) < 4.78 is 5.46. The number of ether oxygens (including phenoxy) is 1. The molecule has 3 nitrogen and oxygen atoms in total. The van der Waals surface area contributed by atoms with Crippen LogP contribution in [0.1, 0.15) is 17.3 Å². The van der Waals surface area contributed by atoms with Crippen molar-refractivity contribution in [3.05, 3.63) is 23.8 Å². The first-order chi connectivity index (χ1) is 7.81. The number of carbonyl (C=O) groups is 1. The van der Waals surface area contributed by atoms with E-state index < -0.39 is 0 Å². The predicted molar refractivity (Wildman–Crippen MR) is 67.8 cm³/mol. The van der Waals surface area contributed by atoms with E-state index in [1.807, 2.05) is 18.2 Å². The number of hydrogen-bond acceptors (Lipinski definition) is 4. The Morgan fingerprint density at radius 2 is 2.44 bits per heavy atom. The maximum Gasteiger partial charge on any atom is 0.172 e. The van der Waals surface area contributed by atoms with Crippen LogP contribution in [0.25, 0.3) is 0 Å². The van der Waals surface area contributed by atoms with E-state index >= 15 is 0 Å². The third-order valence-corrected chi connectivity index (χ3v) is 3.29. The molecule has 0 atom stereocenters. The van der Waals surface area contributed by atoms with E-state index in [9.17, 15) is 4.79 Å². The molecule has 0 saturated heterocycles. The highest BCUT2D eigenvalue weighted by Crippen LogP contribution is 2.28. The fourth-order valence-electron chi connectivity index (χ4n) is 1.59. The van der Waals surface area contributed by atoms with Gasteiger partial charge in [-0.05, 0) is 24.0 Å². The minimum absolute atomic E-state index is 0.182. The SMILES string of the molecule is CCSCC(=O)c1ccc2c(c1)NCCO2. The van der Waals surface area contributed by atoms with Crippen molar-refractivity contribution < 1.29 is 9.53 Å². The van der Waals surface area contributed by atoms with Gasteiger partial charge in [0.25, 0.3) is 0 Å². The van der Waals surface area contributed by atoms with Gasteiger partial charge in [0.2, 0.25) is 0 Å². The van der Waals surface area contributed by atoms with Crippen molar-refractivity contribution in [2.24, 2.45) is 0 Å². The molecule has 1 N–H and O–H groups in total. The Morgan fingerprint density at radius 3 is 3.25 bits per heavy atom. The van der Waals surface area contributed by atoms with E-state index in [2.05, 4.69) is 12.2 Å². The number of ketones is 1. The van der Waals surface area contributed by atoms with Crippen molar-refractivity contribution in [2.45, 2.75) is 6.92 Å². The molecule has 1 aromatic carbocycles. The van der Waals surface area contributed by atoms with Crippen LogP contribution in [0.4, 0.5) is 5.69 Å². The van der Waals surface area contributed by atoms with E-state index in [0.29, 0.717) is 12.4 Å². The number of carbonyl (C=O) groups excluding carboxylic acids is 1. The zero-order chi connectivity index (χ0) is 11.4. The number of thioether (sulfide) groups is 1. The van der Waals surface area contributed by atoms with Crippen LogP contribution >= 0.6 is 11.8 Å². The first-order valence-corrected chi connectivity index (χ1v) is 6.58. The molecule has 0 saturated carbocycles. The molecule has 1 heterocycles. The number of fused-ring (bicyclic) bond motifs is 1. The van der Waals surface area contributed by atoms with Crippen molar-refractivity contribution in [2.75, 3.05) is 30.0 Å². The molecule has 16 heavy (non-hydrogen) atoms. The second-order valence-corrected chi connectivity index (χ2v) is 4.82. The lowest BCUT2D eigenvalue weighted by Gasteiger charge is -2.19. The maximum atomic E-state index is 11.8. The molecule has 0 bridgehead atoms. The average Bonchev–Trinajstić information content (AvgIpc) is 2.35. The maximum absolute atomic E-state index is 11.8. The molecule has 1 aliphatic rings. The summed E-state index contributed by atoms with van der Waals surface area (Å²) in [7, 11) is 0. The fourth-order valence-corrected chi connectivity index (χ4v) is 2.15. The lowest BCUT2D eigenvalue weighted by molar-refractivity contribution is 0.102. The lowest BCUT2D eigenvalue weighted by atomic mass is 10.1. The monoisotopic (exact) mass is 237 g/mol. The van der Waals surface area contributed by atoms with Crippen LogP contribution in [-0.4, -0.2) is 30.4 Å². The number of Topliss-reactive ketones (excluding diaryl/α,β-unsaturated/α-hetero) is 1. The van der Waals surface area contributed by atoms with E-state index in [1.165, 1.54) is 0 Å². The van der Waals surface area contributed by atoms with E-state index in [-0.39, 0.29) is 5.78 Å². The minimum atomic E-state index is 0.182. The molecule has 2 rings (SSSR count). The fraction of sp³-hybridized carbons (Fsp3) is 0.417. The molecule has 86 valence electrons. The molecule has 1 aromatic rings. The van der Waals surface area contributed by atoms with Gasteiger partial charge < -0.3 is 10.1 Å². The summed E-state index contributed by atoms with van der Waals surface area (Å²) in [5, 5.41) is 3.23. The molecule has 0 aliphatic carbocycles. The Labute approximate surface area is 99.6 Å². The molecular formula is C12H15NO2S. The summed E-state index contributed by atoms with van der Waals surface area (Å²) >= 11 is 1.65. The predicted octanol–water partition coefficient (Wildman–Crippen LogP) is 2.43. The molecular weight excluding hydrogens is 222 g/mol. The van der Waals surface area contributed by atoms with Gasteiger partial charge in [-0.2, -0.15) is 11.8 Å². The van der Waals surface area contributed by atoms with Gasteiger partial charge in [-0.25, -0.2) is 0 Å². The molecule has 0 spiro atoms. The standard InChI is InChI=1S/C12H15NO2S/c1-2-16-8-11(14)9-3-4-12-10(7-9)13-5-6-15-12/h3-4,7,13H,2,5-6,8H2,1H3. The van der Waals surface area contributed by atoms with Gasteiger partial charge in [0, 0.05) is 12.1 Å². The van der Waals surface area contributed by atoms with E-state index in [0.717, 1.165) is 29.3 Å². The highest BCUT2D eigenvalue weighted by atomic mass is 32.2. The highest BCUT2D eigenvalue weighted by Gasteiger charge is 2.12. The van der Waals surface area contributed by atoms with Gasteiger partial charge in [-0.1, -0.05) is 6.92 Å². The van der Waals surface area contributed by atoms with Gasteiger partial charge in [0.15, 0.2) is 5.78 Å². The van der Waals surface area contributed by atoms with Crippen LogP contribution in [0.3, 0.4) is 0 Å². The third kappa shape index (κ3) is 2.50. The van der Waals surface area contributed by atoms with Gasteiger partial charge in [-0.3, -0.25) is 4.79 Å². The number of nitrogens with one attached hydrogen (secondary N) is 1. The molecule has 0 radical (unpaired) electrons. The minimum Gasteiger partial charge on any atom is -0.490 e. The molecule has 0 unspecified atom stereocenters. The van der Waals surface area contributed by atoms with Gasteiger partial charge in [-0.15, -0.1) is 0 Å². The van der Waals surface area contributed by atoms with Crippen molar-refractivity contribution >= 4 is 23.2 Å². The number of anilines is 1. The van der Waals surface area contributed by atoms with Crippen LogP contribution in [0.15, 0.2) is 18.2 Å². The Balaban J connectivity index is 2.13. The Kier molecular flexibility index (Phi) is 3.72. The quantitative estimate of drug-likeness (QED) is 0.816. The zero-order valence-electron chi connectivity index (χ0n) is 9.29. The summed E-state index contributed by atoms with van der Waals surface area (Å²) in [5.74, 6) is 2.54. The van der Waals surface area contributed by atoms with Gasteiger partial charge >= 0.3 is 0 Å². The second-order valence-electron chi connectivity index (χ2n) is 3.55. The van der Waals surface area contributed by atoms with Crippen LogP contribution in [0.5, 0.6) is 5.75 Å². The normalized spacial score (nSPS) is 13.6. The second kappa shape index (κ2) is 5.25. The molecule has 4 heteroatoms. The van der Waals surface area contributed by atoms with Crippen molar-refractivity contribution in [3.63, 3.8) is 0 Å². The smallest absolute Gasteiger partial charge is 0.172 e. The van der Waals surface area contributed by atoms with Gasteiger partial charge in [0.05, 0.1) is 11.4 Å². The zero-order valence-corrected chi connectivity index (χ0v) is 10.1. The Bertz CT molecular complexity index is 393. The van der Waals surface area contributed by atoms with Crippen LogP contribution < -0.4 is 10.1 Å². The summed E-state index contributed by atoms with van der Waals surface area (Å²) in [6.07, 6.45) is 0. The van der Waals surface area contributed by atoms with Crippen molar-refractivity contribution in [1.29, 1.82) is 0 Å². The molecule has 0 fully saturated rings. The Hall–Kier alpha value is -1.16. The number of benzene rings is 1. The van der Waals surface area contributed by atoms with Crippen molar-refractivity contribution in [1.82, 2.24) is 0 Å². The molecule has 1 aliphatic heterocycles. The van der Waals surface area contributed by atoms with Gasteiger partial charge in [0.1, 0.15) is 12.4 Å². The molecule has 0 aromatic heterocycles. The van der Waals surface area contributed by atoms with Crippen LogP contribution in [-0.2, 0) is 0 Å². The Morgan fingerprint density at radius 1 is 1.56 bits per heavy atom. The third-order valence-electron chi connectivity index (χ3n) is 2.41. The number of rotatable bonds is 4. The summed E-state index contributed by atoms with van der Waals surface area (Å²) in [6.45, 7) is 3.54. The summed E-state index contributed by atoms with van der Waals surface area (Å²) in [4.78, 5) is 11.8. The summed E-state index contributed by atoms with van der Waals surface area (Å²) in [5.41, 5.74) is 1.69. The first kappa shape index (κ1) is 11.3. The average molecular weight is 237 g/mol. The summed E-state index contributed by atoms with van der Waals surface area (Å²) in [6, 6.07) is 5.59. The highest BCUT2D eigenvalue weighted by molar-refractivity contribution is 7.99. The molecule has 0 amide bonds. The van der Waals surface area contributed by atoms with Crippen LogP contribution in [0.2, 0.25) is 0 Å². The van der Waals surface area contributed by atoms with E-state index in [1.54, 1.807) is 11.8 Å². The van der Waals surface area contributed by atoms with Crippen molar-refractivity contribution in [3.8, 4) is 5.75 Å². The lowest BCUT2D eigenvalue weighted by Crippen LogP contribution is -2.18. The topological polar surface area (TPSA) is 38.3 Å². The number of hydrogen-bond donors (Lipinski definition) is 1.